The van der Waals surface area contributed by atoms with Crippen molar-refractivity contribution in [1.82, 2.24) is 0 Å². The van der Waals surface area contributed by atoms with Crippen LogP contribution in [0, 0.1) is 17.2 Å². The Labute approximate surface area is 99.6 Å². The number of esters is 1. The van der Waals surface area contributed by atoms with Gasteiger partial charge in [-0.2, -0.15) is 5.26 Å². The van der Waals surface area contributed by atoms with Crippen molar-refractivity contribution in [1.29, 1.82) is 5.26 Å². The van der Waals surface area contributed by atoms with Gasteiger partial charge >= 0.3 is 5.97 Å². The molecule has 1 aromatic carbocycles. The first kappa shape index (κ1) is 12.5. The summed E-state index contributed by atoms with van der Waals surface area (Å²) in [5, 5.41) is 9.44. The Bertz CT molecular complexity index is 412. The minimum absolute atomic E-state index is 0.448. The molecule has 3 nitrogen and oxygen atoms in total. The molecule has 0 aliphatic rings. The third kappa shape index (κ3) is 3.56. The number of benzene rings is 1. The van der Waals surface area contributed by atoms with E-state index in [0.717, 1.165) is 5.56 Å². The molecule has 0 saturated carbocycles. The number of nitriles is 1. The van der Waals surface area contributed by atoms with Crippen LogP contribution in [0.2, 0.25) is 5.02 Å². The summed E-state index contributed by atoms with van der Waals surface area (Å²) in [7, 11) is 1.28. The fourth-order valence-electron chi connectivity index (χ4n) is 1.38. The van der Waals surface area contributed by atoms with Crippen LogP contribution in [0.3, 0.4) is 0 Å². The molecule has 0 fully saturated rings. The highest BCUT2D eigenvalue weighted by Crippen LogP contribution is 2.15. The molecule has 1 unspecified atom stereocenters. The van der Waals surface area contributed by atoms with Gasteiger partial charge in [0.2, 0.25) is 0 Å². The van der Waals surface area contributed by atoms with Gasteiger partial charge in [0.15, 0.2) is 0 Å². The van der Waals surface area contributed by atoms with Crippen LogP contribution in [0.5, 0.6) is 0 Å². The number of ether oxygens (including phenoxy) is 1. The number of nitrogens with zero attached hydrogens (tertiary/aromatic N) is 1. The van der Waals surface area contributed by atoms with E-state index in [1.54, 1.807) is 6.07 Å². The van der Waals surface area contributed by atoms with E-state index in [1.165, 1.54) is 7.11 Å². The lowest BCUT2D eigenvalue weighted by Gasteiger charge is -2.06. The van der Waals surface area contributed by atoms with Crippen molar-refractivity contribution in [3.05, 3.63) is 34.9 Å². The second kappa shape index (κ2) is 6.14. The van der Waals surface area contributed by atoms with Crippen LogP contribution in [0.1, 0.15) is 12.0 Å². The minimum Gasteiger partial charge on any atom is -0.468 e. The van der Waals surface area contributed by atoms with Crippen LogP contribution in [-0.2, 0) is 16.0 Å². The highest BCUT2D eigenvalue weighted by atomic mass is 35.5. The molecular weight excluding hydrogens is 226 g/mol. The molecule has 0 radical (unpaired) electrons. The Hall–Kier alpha value is -1.53. The summed E-state index contributed by atoms with van der Waals surface area (Å²) >= 11 is 5.83. The van der Waals surface area contributed by atoms with Crippen molar-refractivity contribution < 1.29 is 9.53 Å². The zero-order chi connectivity index (χ0) is 12.0. The number of carbonyl (C=O) groups is 1. The lowest BCUT2D eigenvalue weighted by molar-refractivity contribution is -0.143. The maximum Gasteiger partial charge on any atom is 0.323 e. The van der Waals surface area contributed by atoms with E-state index in [2.05, 4.69) is 4.74 Å². The molecule has 0 bridgehead atoms. The molecule has 0 heterocycles. The van der Waals surface area contributed by atoms with Crippen LogP contribution in [-0.4, -0.2) is 13.1 Å². The summed E-state index contributed by atoms with van der Waals surface area (Å²) < 4.78 is 4.53. The lowest BCUT2D eigenvalue weighted by atomic mass is 10.0. The van der Waals surface area contributed by atoms with Crippen LogP contribution in [0.15, 0.2) is 24.3 Å². The third-order valence-corrected chi connectivity index (χ3v) is 2.49. The van der Waals surface area contributed by atoms with E-state index in [4.69, 9.17) is 16.9 Å². The molecule has 0 aliphatic carbocycles. The van der Waals surface area contributed by atoms with Crippen molar-refractivity contribution >= 4 is 17.6 Å². The number of hydrogen-bond acceptors (Lipinski definition) is 3. The first-order valence-electron chi connectivity index (χ1n) is 4.89. The topological polar surface area (TPSA) is 50.1 Å². The molecule has 4 heteroatoms. The number of aryl methyl sites for hydroxylation is 1. The molecule has 1 atom stereocenters. The predicted molar refractivity (Wildman–Crippen MR) is 60.9 cm³/mol. The normalized spacial score (nSPS) is 11.6. The van der Waals surface area contributed by atoms with Crippen LogP contribution in [0.25, 0.3) is 0 Å². The Morgan fingerprint density at radius 3 is 2.94 bits per heavy atom. The van der Waals surface area contributed by atoms with Gasteiger partial charge in [-0.15, -0.1) is 0 Å². The maximum absolute atomic E-state index is 11.2. The number of rotatable bonds is 4. The summed E-state index contributed by atoms with van der Waals surface area (Å²) in [6.07, 6.45) is 1.08. The SMILES string of the molecule is COC(=O)C(C#N)CCc1cccc(Cl)c1. The van der Waals surface area contributed by atoms with Gasteiger partial charge in [-0.05, 0) is 30.5 Å². The number of carbonyl (C=O) groups excluding carboxylic acids is 1. The Kier molecular flexibility index (Phi) is 4.81. The molecule has 16 heavy (non-hydrogen) atoms. The number of halogens is 1. The van der Waals surface area contributed by atoms with Gasteiger partial charge in [0.1, 0.15) is 5.92 Å². The quantitative estimate of drug-likeness (QED) is 0.757. The number of hydrogen-bond donors (Lipinski definition) is 0. The van der Waals surface area contributed by atoms with Crippen molar-refractivity contribution in [2.45, 2.75) is 12.8 Å². The molecule has 0 aromatic heterocycles. The molecule has 84 valence electrons. The minimum atomic E-state index is -0.705. The summed E-state index contributed by atoms with van der Waals surface area (Å²) in [4.78, 5) is 11.2. The lowest BCUT2D eigenvalue weighted by Crippen LogP contribution is -2.15. The monoisotopic (exact) mass is 237 g/mol. The van der Waals surface area contributed by atoms with Gasteiger partial charge in [0.05, 0.1) is 13.2 Å². The fraction of sp³-hybridized carbons (Fsp3) is 0.333. The maximum atomic E-state index is 11.2. The largest absolute Gasteiger partial charge is 0.468 e. The molecule has 0 aliphatic heterocycles. The molecule has 1 rings (SSSR count). The average Bonchev–Trinajstić information content (AvgIpc) is 2.29. The van der Waals surface area contributed by atoms with E-state index >= 15 is 0 Å². The first-order chi connectivity index (χ1) is 7.67. The Morgan fingerprint density at radius 1 is 1.62 bits per heavy atom. The van der Waals surface area contributed by atoms with Gasteiger partial charge in [-0.25, -0.2) is 0 Å². The zero-order valence-electron chi connectivity index (χ0n) is 8.94. The van der Waals surface area contributed by atoms with E-state index in [9.17, 15) is 4.79 Å². The molecule has 0 amide bonds. The zero-order valence-corrected chi connectivity index (χ0v) is 9.70. The molecular formula is C12H12ClNO2. The van der Waals surface area contributed by atoms with E-state index < -0.39 is 11.9 Å². The highest BCUT2D eigenvalue weighted by Gasteiger charge is 2.17. The van der Waals surface area contributed by atoms with Crippen LogP contribution >= 0.6 is 11.6 Å². The molecule has 0 saturated heterocycles. The van der Waals surface area contributed by atoms with Gasteiger partial charge in [-0.3, -0.25) is 4.79 Å². The van der Waals surface area contributed by atoms with Crippen LogP contribution in [0.4, 0.5) is 0 Å². The Morgan fingerprint density at radius 2 is 2.38 bits per heavy atom. The Balaban J connectivity index is 2.57. The van der Waals surface area contributed by atoms with Crippen molar-refractivity contribution in [3.8, 4) is 6.07 Å². The second-order valence-corrected chi connectivity index (χ2v) is 3.81. The van der Waals surface area contributed by atoms with Crippen molar-refractivity contribution in [2.24, 2.45) is 5.92 Å². The van der Waals surface area contributed by atoms with E-state index in [1.807, 2.05) is 24.3 Å². The van der Waals surface area contributed by atoms with Crippen molar-refractivity contribution in [2.75, 3.05) is 7.11 Å². The van der Waals surface area contributed by atoms with Gasteiger partial charge in [-0.1, -0.05) is 23.7 Å². The molecule has 0 spiro atoms. The smallest absolute Gasteiger partial charge is 0.323 e. The molecule has 1 aromatic rings. The third-order valence-electron chi connectivity index (χ3n) is 2.25. The summed E-state index contributed by atoms with van der Waals surface area (Å²) in [5.74, 6) is -1.19. The van der Waals surface area contributed by atoms with Crippen LogP contribution < -0.4 is 0 Å². The summed E-state index contributed by atoms with van der Waals surface area (Å²) in [6.45, 7) is 0. The summed E-state index contributed by atoms with van der Waals surface area (Å²) in [6, 6.07) is 9.30. The van der Waals surface area contributed by atoms with E-state index in [0.29, 0.717) is 17.9 Å². The molecule has 0 N–H and O–H groups in total. The van der Waals surface area contributed by atoms with Gasteiger partial charge in [0.25, 0.3) is 0 Å². The highest BCUT2D eigenvalue weighted by molar-refractivity contribution is 6.30. The van der Waals surface area contributed by atoms with Crippen molar-refractivity contribution in [3.63, 3.8) is 0 Å². The average molecular weight is 238 g/mol. The van der Waals surface area contributed by atoms with E-state index in [-0.39, 0.29) is 0 Å². The van der Waals surface area contributed by atoms with Gasteiger partial charge < -0.3 is 4.74 Å². The first-order valence-corrected chi connectivity index (χ1v) is 5.27. The van der Waals surface area contributed by atoms with Gasteiger partial charge in [0, 0.05) is 5.02 Å². The standard InChI is InChI=1S/C12H12ClNO2/c1-16-12(15)10(8-14)6-5-9-3-2-4-11(13)7-9/h2-4,7,10H,5-6H2,1H3. The predicted octanol–water partition coefficient (Wildman–Crippen LogP) is 2.59. The second-order valence-electron chi connectivity index (χ2n) is 3.37. The summed E-state index contributed by atoms with van der Waals surface area (Å²) in [5.41, 5.74) is 1.01. The number of methoxy groups -OCH3 is 1. The fourth-order valence-corrected chi connectivity index (χ4v) is 1.59.